The minimum Gasteiger partial charge on any atom is -0.467 e. The monoisotopic (exact) mass is 391 g/mol. The first-order valence-corrected chi connectivity index (χ1v) is 8.74. The van der Waals surface area contributed by atoms with E-state index < -0.39 is 16.5 Å². The van der Waals surface area contributed by atoms with E-state index in [4.69, 9.17) is 4.74 Å². The van der Waals surface area contributed by atoms with Gasteiger partial charge in [-0.15, -0.1) is 11.8 Å². The average Bonchev–Trinajstić information content (AvgIpc) is 3.30. The highest BCUT2D eigenvalue weighted by Gasteiger charge is 2.55. The van der Waals surface area contributed by atoms with Gasteiger partial charge in [-0.25, -0.2) is 4.79 Å². The van der Waals surface area contributed by atoms with E-state index in [0.717, 1.165) is 4.90 Å². The fraction of sp³-hybridized carbons (Fsp3) is 0.500. The number of hydrogen-bond acceptors (Lipinski definition) is 6. The maximum Gasteiger partial charge on any atom is 0.350 e. The average molecular weight is 392 g/mol. The predicted molar refractivity (Wildman–Crippen MR) is 88.5 cm³/mol. The van der Waals surface area contributed by atoms with Gasteiger partial charge in [0.2, 0.25) is 11.4 Å². The third-order valence-electron chi connectivity index (χ3n) is 2.99. The molecule has 0 aliphatic heterocycles. The van der Waals surface area contributed by atoms with Crippen molar-refractivity contribution < 1.29 is 19.2 Å². The van der Waals surface area contributed by atoms with Gasteiger partial charge in [0.05, 0.1) is 16.5 Å². The zero-order chi connectivity index (χ0) is 16.9. The molecular weight excluding hydrogens is 374 g/mol. The highest BCUT2D eigenvalue weighted by Crippen LogP contribution is 2.47. The van der Waals surface area contributed by atoms with Crippen molar-refractivity contribution in [3.05, 3.63) is 26.7 Å². The number of ether oxygens (including phenoxy) is 2. The molecule has 1 aliphatic carbocycles. The molecule has 0 atom stereocenters. The molecule has 0 radical (unpaired) electrons. The molecule has 1 aromatic carbocycles. The molecule has 0 N–H and O–H groups in total. The molecule has 6 nitrogen and oxygen atoms in total. The Morgan fingerprint density at radius 1 is 1.41 bits per heavy atom. The van der Waals surface area contributed by atoms with Crippen LogP contribution in [0.25, 0.3) is 0 Å². The van der Waals surface area contributed by atoms with E-state index >= 15 is 0 Å². The van der Waals surface area contributed by atoms with E-state index in [0.29, 0.717) is 17.3 Å². The molecule has 1 aromatic rings. The lowest BCUT2D eigenvalue weighted by Gasteiger charge is -2.17. The van der Waals surface area contributed by atoms with E-state index in [9.17, 15) is 14.9 Å². The largest absolute Gasteiger partial charge is 0.467 e. The van der Waals surface area contributed by atoms with E-state index in [1.807, 2.05) is 20.1 Å². The minimum atomic E-state index is -1.08. The molecule has 0 heterocycles. The normalized spacial score (nSPS) is 14.4. The number of nitro groups is 1. The second kappa shape index (κ2) is 7.82. The van der Waals surface area contributed by atoms with Crippen molar-refractivity contribution >= 4 is 39.3 Å². The first kappa shape index (κ1) is 18.8. The molecule has 1 fully saturated rings. The van der Waals surface area contributed by atoms with Gasteiger partial charge in [-0.2, -0.15) is 0 Å². The number of nitrogens with zero attached hydrogens (tertiary/aromatic N) is 1. The summed E-state index contributed by atoms with van der Waals surface area (Å²) in [6.07, 6.45) is 2.81. The standard InChI is InChI=1S/C12H12BrNO5S.C2H6/c1-18-11(15)12(3-4-12)19-10-8(13)5-7(20-2)6-9(10)14(16)17;1-2/h5-6H,3-4H2,1-2H3;1-2H3. The topological polar surface area (TPSA) is 78.7 Å². The van der Waals surface area contributed by atoms with Crippen LogP contribution in [0, 0.1) is 10.1 Å². The summed E-state index contributed by atoms with van der Waals surface area (Å²) in [4.78, 5) is 23.1. The lowest BCUT2D eigenvalue weighted by molar-refractivity contribution is -0.386. The van der Waals surface area contributed by atoms with Crippen molar-refractivity contribution in [2.24, 2.45) is 0 Å². The van der Waals surface area contributed by atoms with Crippen LogP contribution in [0.1, 0.15) is 26.7 Å². The number of carbonyl (C=O) groups excluding carboxylic acids is 1. The zero-order valence-electron chi connectivity index (χ0n) is 12.8. The van der Waals surface area contributed by atoms with Crippen molar-refractivity contribution in [1.82, 2.24) is 0 Å². The molecule has 0 unspecified atom stereocenters. The second-order valence-corrected chi connectivity index (χ2v) is 6.04. The first-order valence-electron chi connectivity index (χ1n) is 6.73. The number of carbonyl (C=O) groups is 1. The molecule has 1 aliphatic rings. The Kier molecular flexibility index (Phi) is 6.67. The molecule has 0 bridgehead atoms. The van der Waals surface area contributed by atoms with Crippen molar-refractivity contribution in [2.75, 3.05) is 13.4 Å². The Balaban J connectivity index is 0.00000116. The van der Waals surface area contributed by atoms with Crippen LogP contribution in [0.3, 0.4) is 0 Å². The summed E-state index contributed by atoms with van der Waals surface area (Å²) >= 11 is 4.65. The summed E-state index contributed by atoms with van der Waals surface area (Å²) < 4.78 is 10.7. The molecule has 0 saturated heterocycles. The molecule has 22 heavy (non-hydrogen) atoms. The fourth-order valence-electron chi connectivity index (χ4n) is 1.75. The molecule has 8 heteroatoms. The molecule has 2 rings (SSSR count). The molecule has 1 saturated carbocycles. The Bertz CT molecular complexity index is 575. The lowest BCUT2D eigenvalue weighted by Crippen LogP contribution is -2.31. The van der Waals surface area contributed by atoms with Crippen LogP contribution in [0.15, 0.2) is 21.5 Å². The quantitative estimate of drug-likeness (QED) is 0.324. The van der Waals surface area contributed by atoms with Gasteiger partial charge < -0.3 is 9.47 Å². The van der Waals surface area contributed by atoms with Gasteiger partial charge in [0, 0.05) is 23.8 Å². The third-order valence-corrected chi connectivity index (χ3v) is 4.29. The third kappa shape index (κ3) is 3.92. The predicted octanol–water partition coefficient (Wildman–Crippen LogP) is 4.19. The van der Waals surface area contributed by atoms with Gasteiger partial charge >= 0.3 is 11.7 Å². The number of thioether (sulfide) groups is 1. The van der Waals surface area contributed by atoms with Crippen LogP contribution in [0.4, 0.5) is 5.69 Å². The number of nitro benzene ring substituents is 1. The SMILES string of the molecule is CC.COC(=O)C1(Oc2c(Br)cc(SC)cc2[N+](=O)[O-])CC1. The molecular formula is C14H18BrNO5S. The van der Waals surface area contributed by atoms with Crippen molar-refractivity contribution in [3.8, 4) is 5.75 Å². The van der Waals surface area contributed by atoms with Crippen LogP contribution in [-0.2, 0) is 9.53 Å². The molecule has 0 amide bonds. The Morgan fingerprint density at radius 3 is 2.41 bits per heavy atom. The number of rotatable bonds is 5. The second-order valence-electron chi connectivity index (χ2n) is 4.30. The summed E-state index contributed by atoms with van der Waals surface area (Å²) in [5.41, 5.74) is -1.25. The van der Waals surface area contributed by atoms with Gasteiger partial charge in [0.1, 0.15) is 0 Å². The van der Waals surface area contributed by atoms with Crippen molar-refractivity contribution in [3.63, 3.8) is 0 Å². The molecule has 0 aromatic heterocycles. The molecule has 0 spiro atoms. The van der Waals surface area contributed by atoms with Gasteiger partial charge in [0.25, 0.3) is 0 Å². The van der Waals surface area contributed by atoms with E-state index in [1.54, 1.807) is 6.07 Å². The van der Waals surface area contributed by atoms with E-state index in [1.165, 1.54) is 24.9 Å². The first-order chi connectivity index (χ1) is 10.4. The van der Waals surface area contributed by atoms with E-state index in [2.05, 4.69) is 20.7 Å². The summed E-state index contributed by atoms with van der Waals surface area (Å²) in [5, 5.41) is 11.2. The fourth-order valence-corrected chi connectivity index (χ4v) is 2.90. The van der Waals surface area contributed by atoms with Crippen LogP contribution in [-0.4, -0.2) is 29.9 Å². The number of benzene rings is 1. The Labute approximate surface area is 141 Å². The van der Waals surface area contributed by atoms with E-state index in [-0.39, 0.29) is 11.4 Å². The van der Waals surface area contributed by atoms with Crippen molar-refractivity contribution in [2.45, 2.75) is 37.2 Å². The summed E-state index contributed by atoms with van der Waals surface area (Å²) in [6.45, 7) is 4.00. The van der Waals surface area contributed by atoms with Gasteiger partial charge in [-0.3, -0.25) is 10.1 Å². The molecule has 122 valence electrons. The van der Waals surface area contributed by atoms with Gasteiger partial charge in [-0.05, 0) is 28.3 Å². The van der Waals surface area contributed by atoms with Crippen LogP contribution >= 0.6 is 27.7 Å². The van der Waals surface area contributed by atoms with Crippen LogP contribution in [0.2, 0.25) is 0 Å². The highest BCUT2D eigenvalue weighted by atomic mass is 79.9. The van der Waals surface area contributed by atoms with Crippen LogP contribution < -0.4 is 4.74 Å². The van der Waals surface area contributed by atoms with Crippen LogP contribution in [0.5, 0.6) is 5.75 Å². The smallest absolute Gasteiger partial charge is 0.350 e. The highest BCUT2D eigenvalue weighted by molar-refractivity contribution is 9.10. The number of methoxy groups -OCH3 is 1. The Morgan fingerprint density at radius 2 is 2.00 bits per heavy atom. The summed E-state index contributed by atoms with van der Waals surface area (Å²) in [5.74, 6) is -0.441. The maximum absolute atomic E-state index is 11.7. The van der Waals surface area contributed by atoms with Gasteiger partial charge in [0.15, 0.2) is 0 Å². The maximum atomic E-state index is 11.7. The Hall–Kier alpha value is -1.28. The number of esters is 1. The van der Waals surface area contributed by atoms with Crippen molar-refractivity contribution in [1.29, 1.82) is 0 Å². The number of hydrogen-bond donors (Lipinski definition) is 0. The number of halogens is 1. The lowest BCUT2D eigenvalue weighted by atomic mass is 10.2. The minimum absolute atomic E-state index is 0.0655. The zero-order valence-corrected chi connectivity index (χ0v) is 15.2. The summed E-state index contributed by atoms with van der Waals surface area (Å²) in [7, 11) is 1.27. The van der Waals surface area contributed by atoms with Gasteiger partial charge in [-0.1, -0.05) is 13.8 Å². The summed E-state index contributed by atoms with van der Waals surface area (Å²) in [6, 6.07) is 3.15.